The predicted molar refractivity (Wildman–Crippen MR) is 73.7 cm³/mol. The average molecular weight is 282 g/mol. The van der Waals surface area contributed by atoms with Crippen molar-refractivity contribution in [2.24, 2.45) is 0 Å². The van der Waals surface area contributed by atoms with Crippen molar-refractivity contribution in [2.75, 3.05) is 32.7 Å². The molecule has 0 aliphatic carbocycles. The smallest absolute Gasteiger partial charge is 0.371 e. The Hall–Kier alpha value is -1.37. The molecule has 1 aromatic rings. The maximum Gasteiger partial charge on any atom is 0.371 e. The van der Waals surface area contributed by atoms with Crippen molar-refractivity contribution in [1.82, 2.24) is 9.80 Å². The summed E-state index contributed by atoms with van der Waals surface area (Å²) in [6, 6.07) is 3.20. The third kappa shape index (κ3) is 4.33. The van der Waals surface area contributed by atoms with Crippen LogP contribution < -0.4 is 0 Å². The standard InChI is InChI=1S/C14H22N2O4/c1-14(2,19)10-16-7-5-15(6-8-16)9-11-3-4-12(20-11)13(17)18/h3-4,19H,5-10H2,1-2H3,(H,17,18). The number of β-amino-alcohol motifs (C(OH)–C–C–N with tert-alkyl or cyclic N) is 1. The number of aliphatic hydroxyl groups is 1. The van der Waals surface area contributed by atoms with Crippen LogP contribution in [0.1, 0.15) is 30.2 Å². The van der Waals surface area contributed by atoms with E-state index in [4.69, 9.17) is 9.52 Å². The molecule has 1 fully saturated rings. The summed E-state index contributed by atoms with van der Waals surface area (Å²) in [5, 5.41) is 18.6. The maximum atomic E-state index is 10.7. The molecule has 6 heteroatoms. The van der Waals surface area contributed by atoms with E-state index in [2.05, 4.69) is 9.80 Å². The van der Waals surface area contributed by atoms with Gasteiger partial charge in [-0.3, -0.25) is 9.80 Å². The fourth-order valence-electron chi connectivity index (χ4n) is 2.45. The second-order valence-electron chi connectivity index (χ2n) is 5.94. The molecule has 112 valence electrons. The Balaban J connectivity index is 1.80. The van der Waals surface area contributed by atoms with Crippen LogP contribution in [0, 0.1) is 0 Å². The quantitative estimate of drug-likeness (QED) is 0.834. The summed E-state index contributed by atoms with van der Waals surface area (Å²) in [6.45, 7) is 8.51. The largest absolute Gasteiger partial charge is 0.475 e. The van der Waals surface area contributed by atoms with E-state index in [-0.39, 0.29) is 5.76 Å². The van der Waals surface area contributed by atoms with Crippen LogP contribution in [0.25, 0.3) is 0 Å². The Labute approximate surface area is 118 Å². The molecule has 0 radical (unpaired) electrons. The van der Waals surface area contributed by atoms with Gasteiger partial charge in [0.2, 0.25) is 5.76 Å². The van der Waals surface area contributed by atoms with Crippen LogP contribution in [0.2, 0.25) is 0 Å². The van der Waals surface area contributed by atoms with Crippen LogP contribution in [0.15, 0.2) is 16.5 Å². The molecule has 20 heavy (non-hydrogen) atoms. The number of aromatic carboxylic acids is 1. The van der Waals surface area contributed by atoms with E-state index in [0.29, 0.717) is 18.8 Å². The van der Waals surface area contributed by atoms with Gasteiger partial charge in [-0.15, -0.1) is 0 Å². The van der Waals surface area contributed by atoms with Gasteiger partial charge in [0, 0.05) is 32.7 Å². The van der Waals surface area contributed by atoms with Gasteiger partial charge in [-0.2, -0.15) is 0 Å². The minimum absolute atomic E-state index is 0.0133. The van der Waals surface area contributed by atoms with Crippen LogP contribution in [-0.4, -0.2) is 64.3 Å². The third-order valence-electron chi connectivity index (χ3n) is 3.33. The first-order valence-corrected chi connectivity index (χ1v) is 6.82. The van der Waals surface area contributed by atoms with Gasteiger partial charge in [-0.05, 0) is 26.0 Å². The van der Waals surface area contributed by atoms with Crippen molar-refractivity contribution in [1.29, 1.82) is 0 Å². The zero-order valence-electron chi connectivity index (χ0n) is 12.0. The molecule has 2 rings (SSSR count). The first-order chi connectivity index (χ1) is 9.33. The highest BCUT2D eigenvalue weighted by atomic mass is 16.4. The minimum atomic E-state index is -1.04. The topological polar surface area (TPSA) is 77.2 Å². The summed E-state index contributed by atoms with van der Waals surface area (Å²) in [6.07, 6.45) is 0. The number of carbonyl (C=O) groups is 1. The number of carboxylic acids is 1. The van der Waals surface area contributed by atoms with Gasteiger partial charge < -0.3 is 14.6 Å². The second kappa shape index (κ2) is 5.95. The van der Waals surface area contributed by atoms with Crippen LogP contribution in [0.3, 0.4) is 0 Å². The van der Waals surface area contributed by atoms with Crippen molar-refractivity contribution in [2.45, 2.75) is 26.0 Å². The lowest BCUT2D eigenvalue weighted by atomic mass is 10.1. The highest BCUT2D eigenvalue weighted by Crippen LogP contribution is 2.14. The average Bonchev–Trinajstić information content (AvgIpc) is 2.78. The number of hydrogen-bond acceptors (Lipinski definition) is 5. The summed E-state index contributed by atoms with van der Waals surface area (Å²) in [7, 11) is 0. The van der Waals surface area contributed by atoms with Gasteiger partial charge >= 0.3 is 5.97 Å². The Morgan fingerprint density at radius 1 is 1.25 bits per heavy atom. The molecule has 6 nitrogen and oxygen atoms in total. The normalized spacial score (nSPS) is 18.4. The second-order valence-corrected chi connectivity index (χ2v) is 5.94. The molecule has 2 heterocycles. The van der Waals surface area contributed by atoms with Crippen molar-refractivity contribution in [3.05, 3.63) is 23.7 Å². The molecule has 2 N–H and O–H groups in total. The molecule has 0 saturated carbocycles. The van der Waals surface area contributed by atoms with Gasteiger partial charge in [0.05, 0.1) is 12.1 Å². The van der Waals surface area contributed by atoms with Crippen molar-refractivity contribution < 1.29 is 19.4 Å². The molecule has 1 saturated heterocycles. The lowest BCUT2D eigenvalue weighted by molar-refractivity contribution is 0.0157. The Bertz CT molecular complexity index is 456. The van der Waals surface area contributed by atoms with E-state index < -0.39 is 11.6 Å². The first-order valence-electron chi connectivity index (χ1n) is 6.82. The summed E-state index contributed by atoms with van der Waals surface area (Å²) in [5.74, 6) is -0.370. The fraction of sp³-hybridized carbons (Fsp3) is 0.643. The predicted octanol–water partition coefficient (Wildman–Crippen LogP) is 0.866. The molecule has 0 atom stereocenters. The molecular formula is C14H22N2O4. The molecule has 0 unspecified atom stereocenters. The van der Waals surface area contributed by atoms with Crippen molar-refractivity contribution >= 4 is 5.97 Å². The van der Waals surface area contributed by atoms with E-state index in [0.717, 1.165) is 26.2 Å². The van der Waals surface area contributed by atoms with Crippen LogP contribution in [0.4, 0.5) is 0 Å². The zero-order chi connectivity index (χ0) is 14.8. The van der Waals surface area contributed by atoms with Gasteiger partial charge in [0.15, 0.2) is 0 Å². The minimum Gasteiger partial charge on any atom is -0.475 e. The van der Waals surface area contributed by atoms with Gasteiger partial charge in [0.1, 0.15) is 5.76 Å². The Morgan fingerprint density at radius 3 is 2.35 bits per heavy atom. The van der Waals surface area contributed by atoms with Crippen LogP contribution in [-0.2, 0) is 6.54 Å². The Morgan fingerprint density at radius 2 is 1.85 bits per heavy atom. The van der Waals surface area contributed by atoms with Crippen molar-refractivity contribution in [3.8, 4) is 0 Å². The molecule has 1 aliphatic heterocycles. The lowest BCUT2D eigenvalue weighted by Crippen LogP contribution is -2.50. The molecular weight excluding hydrogens is 260 g/mol. The summed E-state index contributed by atoms with van der Waals surface area (Å²) >= 11 is 0. The number of rotatable bonds is 5. The highest BCUT2D eigenvalue weighted by molar-refractivity contribution is 5.84. The number of furan rings is 1. The van der Waals surface area contributed by atoms with E-state index in [9.17, 15) is 9.90 Å². The van der Waals surface area contributed by atoms with Gasteiger partial charge in [-0.1, -0.05) is 0 Å². The maximum absolute atomic E-state index is 10.7. The highest BCUT2D eigenvalue weighted by Gasteiger charge is 2.23. The first kappa shape index (κ1) is 15.0. The number of nitrogens with zero attached hydrogens (tertiary/aromatic N) is 2. The van der Waals surface area contributed by atoms with E-state index in [1.807, 2.05) is 13.8 Å². The molecule has 1 aliphatic rings. The van der Waals surface area contributed by atoms with E-state index in [1.54, 1.807) is 6.07 Å². The molecule has 0 aromatic carbocycles. The zero-order valence-corrected chi connectivity index (χ0v) is 12.0. The van der Waals surface area contributed by atoms with E-state index in [1.165, 1.54) is 6.07 Å². The Kier molecular flexibility index (Phi) is 4.47. The molecule has 0 spiro atoms. The summed E-state index contributed by atoms with van der Waals surface area (Å²) < 4.78 is 5.26. The lowest BCUT2D eigenvalue weighted by Gasteiger charge is -2.36. The van der Waals surface area contributed by atoms with Crippen LogP contribution >= 0.6 is 0 Å². The number of carboxylic acid groups (broad SMARTS) is 1. The monoisotopic (exact) mass is 282 g/mol. The molecule has 0 amide bonds. The van der Waals surface area contributed by atoms with Gasteiger partial charge in [-0.25, -0.2) is 4.79 Å². The van der Waals surface area contributed by atoms with Gasteiger partial charge in [0.25, 0.3) is 0 Å². The molecule has 0 bridgehead atoms. The number of hydrogen-bond donors (Lipinski definition) is 2. The third-order valence-corrected chi connectivity index (χ3v) is 3.33. The summed E-state index contributed by atoms with van der Waals surface area (Å²) in [5.41, 5.74) is -0.667. The van der Waals surface area contributed by atoms with Crippen LogP contribution in [0.5, 0.6) is 0 Å². The number of piperazine rings is 1. The fourth-order valence-corrected chi connectivity index (χ4v) is 2.45. The SMILES string of the molecule is CC(C)(O)CN1CCN(Cc2ccc(C(=O)O)o2)CC1. The van der Waals surface area contributed by atoms with Crippen molar-refractivity contribution in [3.63, 3.8) is 0 Å². The molecule has 1 aromatic heterocycles. The summed E-state index contributed by atoms with van der Waals surface area (Å²) in [4.78, 5) is 15.2. The van der Waals surface area contributed by atoms with E-state index >= 15 is 0 Å².